The van der Waals surface area contributed by atoms with E-state index in [0.717, 1.165) is 0 Å². The Hall–Kier alpha value is -1.62. The predicted molar refractivity (Wildman–Crippen MR) is 69.1 cm³/mol. The van der Waals surface area contributed by atoms with E-state index >= 15 is 0 Å². The molecule has 1 aromatic carbocycles. The lowest BCUT2D eigenvalue weighted by Crippen LogP contribution is -2.28. The van der Waals surface area contributed by atoms with Gasteiger partial charge in [-0.3, -0.25) is 10.2 Å². The lowest BCUT2D eigenvalue weighted by molar-refractivity contribution is -0.124. The van der Waals surface area contributed by atoms with Crippen LogP contribution in [0.4, 0.5) is 4.39 Å². The summed E-state index contributed by atoms with van der Waals surface area (Å²) >= 11 is 5.76. The van der Waals surface area contributed by atoms with Crippen LogP contribution in [0.25, 0.3) is 0 Å². The monoisotopic (exact) mass is 271 g/mol. The Bertz CT molecular complexity index is 488. The van der Waals surface area contributed by atoms with E-state index in [1.807, 2.05) is 0 Å². The molecule has 6 heteroatoms. The van der Waals surface area contributed by atoms with E-state index in [9.17, 15) is 9.18 Å². The van der Waals surface area contributed by atoms with Crippen molar-refractivity contribution >= 4 is 23.3 Å². The van der Waals surface area contributed by atoms with E-state index in [-0.39, 0.29) is 34.5 Å². The molecule has 4 N–H and O–H groups in total. The van der Waals surface area contributed by atoms with Crippen LogP contribution < -0.4 is 11.1 Å². The van der Waals surface area contributed by atoms with Crippen LogP contribution in [0.3, 0.4) is 0 Å². The lowest BCUT2D eigenvalue weighted by Gasteiger charge is -2.11. The maximum Gasteiger partial charge on any atom is 0.222 e. The molecule has 0 aliphatic heterocycles. The summed E-state index contributed by atoms with van der Waals surface area (Å²) in [5, 5.41) is 9.94. The molecule has 0 spiro atoms. The average Bonchev–Trinajstić information content (AvgIpc) is 2.27. The maximum absolute atomic E-state index is 14.0. The molecule has 0 saturated heterocycles. The average molecular weight is 272 g/mol. The Morgan fingerprint density at radius 1 is 1.56 bits per heavy atom. The normalized spacial score (nSPS) is 10.5. The van der Waals surface area contributed by atoms with Gasteiger partial charge in [-0.05, 0) is 6.07 Å². The van der Waals surface area contributed by atoms with Crippen molar-refractivity contribution in [3.05, 3.63) is 34.1 Å². The van der Waals surface area contributed by atoms with Crippen molar-refractivity contribution in [3.8, 4) is 0 Å². The Morgan fingerprint density at radius 2 is 2.17 bits per heavy atom. The largest absolute Gasteiger partial charge is 0.384 e. The van der Waals surface area contributed by atoms with E-state index in [2.05, 4.69) is 5.32 Å². The number of hydrogen-bond donors (Lipinski definition) is 3. The molecule has 0 radical (unpaired) electrons. The first-order valence-corrected chi connectivity index (χ1v) is 5.81. The minimum atomic E-state index is -0.668. The van der Waals surface area contributed by atoms with E-state index in [1.165, 1.54) is 12.1 Å². The van der Waals surface area contributed by atoms with Crippen LogP contribution in [-0.2, 0) is 11.3 Å². The third-order valence-electron chi connectivity index (χ3n) is 2.42. The Labute approximate surface area is 110 Å². The Morgan fingerprint density at radius 3 is 2.67 bits per heavy atom. The molecule has 0 aliphatic rings. The summed E-state index contributed by atoms with van der Waals surface area (Å²) in [4.78, 5) is 11.4. The smallest absolute Gasteiger partial charge is 0.222 e. The van der Waals surface area contributed by atoms with Gasteiger partial charge in [0.05, 0.1) is 10.6 Å². The number of amides is 1. The van der Waals surface area contributed by atoms with Gasteiger partial charge in [0.2, 0.25) is 5.91 Å². The maximum atomic E-state index is 14.0. The molecule has 0 fully saturated rings. The molecule has 0 aromatic heterocycles. The van der Waals surface area contributed by atoms with Gasteiger partial charge in [-0.2, -0.15) is 0 Å². The van der Waals surface area contributed by atoms with E-state index in [4.69, 9.17) is 22.7 Å². The molecule has 1 aromatic rings. The number of nitrogens with two attached hydrogens (primary N) is 1. The van der Waals surface area contributed by atoms with Crippen LogP contribution in [0.15, 0.2) is 12.1 Å². The summed E-state index contributed by atoms with van der Waals surface area (Å²) < 4.78 is 14.0. The molecule has 0 bridgehead atoms. The summed E-state index contributed by atoms with van der Waals surface area (Å²) in [6.07, 6.45) is 0. The van der Waals surface area contributed by atoms with Crippen LogP contribution >= 0.6 is 11.6 Å². The number of halogens is 2. The van der Waals surface area contributed by atoms with E-state index in [1.54, 1.807) is 13.8 Å². The lowest BCUT2D eigenvalue weighted by atomic mass is 10.1. The van der Waals surface area contributed by atoms with Crippen LogP contribution in [0.2, 0.25) is 5.02 Å². The first-order valence-electron chi connectivity index (χ1n) is 5.43. The van der Waals surface area contributed by atoms with Crippen LogP contribution in [0, 0.1) is 17.1 Å². The molecule has 98 valence electrons. The van der Waals surface area contributed by atoms with Gasteiger partial charge < -0.3 is 11.1 Å². The van der Waals surface area contributed by atoms with Crippen molar-refractivity contribution in [2.45, 2.75) is 20.4 Å². The van der Waals surface area contributed by atoms with Crippen LogP contribution in [0.5, 0.6) is 0 Å². The quantitative estimate of drug-likeness (QED) is 0.579. The fourth-order valence-corrected chi connectivity index (χ4v) is 1.61. The van der Waals surface area contributed by atoms with Gasteiger partial charge in [-0.25, -0.2) is 4.39 Å². The molecule has 18 heavy (non-hydrogen) atoms. The molecule has 1 rings (SSSR count). The number of benzene rings is 1. The Balaban J connectivity index is 2.95. The molecule has 4 nitrogen and oxygen atoms in total. The van der Waals surface area contributed by atoms with Gasteiger partial charge in [0.25, 0.3) is 0 Å². The number of carbonyl (C=O) groups excluding carboxylic acids is 1. The molecule has 0 aliphatic carbocycles. The zero-order valence-corrected chi connectivity index (χ0v) is 10.9. The number of nitrogen functional groups attached to an aromatic ring is 1. The highest BCUT2D eigenvalue weighted by molar-refractivity contribution is 6.34. The van der Waals surface area contributed by atoms with Crippen molar-refractivity contribution in [3.63, 3.8) is 0 Å². The standard InChI is InChI=1S/C12H15ClFN3O/c1-6(2)12(18)17-5-7-3-4-8(13)9(10(7)14)11(15)16/h3-4,6H,5H2,1-2H3,(H3,15,16)(H,17,18). The number of nitrogens with one attached hydrogen (secondary N) is 2. The number of carbonyl (C=O) groups is 1. The van der Waals surface area contributed by atoms with E-state index in [0.29, 0.717) is 0 Å². The summed E-state index contributed by atoms with van der Waals surface area (Å²) in [6.45, 7) is 3.53. The second-order valence-corrected chi connectivity index (χ2v) is 4.59. The fourth-order valence-electron chi connectivity index (χ4n) is 1.37. The molecule has 1 amide bonds. The first-order chi connectivity index (χ1) is 8.34. The number of amidine groups is 1. The summed E-state index contributed by atoms with van der Waals surface area (Å²) in [6, 6.07) is 2.92. The minimum Gasteiger partial charge on any atom is -0.384 e. The van der Waals surface area contributed by atoms with Gasteiger partial charge in [-0.1, -0.05) is 31.5 Å². The van der Waals surface area contributed by atoms with Crippen LogP contribution in [-0.4, -0.2) is 11.7 Å². The molecule has 0 unspecified atom stereocenters. The fraction of sp³-hybridized carbons (Fsp3) is 0.333. The van der Waals surface area contributed by atoms with Gasteiger partial charge in [0.1, 0.15) is 11.7 Å². The van der Waals surface area contributed by atoms with Crippen molar-refractivity contribution in [2.24, 2.45) is 11.7 Å². The van der Waals surface area contributed by atoms with Gasteiger partial charge in [0, 0.05) is 18.0 Å². The number of rotatable bonds is 4. The second kappa shape index (κ2) is 5.82. The zero-order chi connectivity index (χ0) is 13.9. The highest BCUT2D eigenvalue weighted by atomic mass is 35.5. The number of hydrogen-bond acceptors (Lipinski definition) is 2. The third kappa shape index (κ3) is 3.20. The molecular formula is C12H15ClFN3O. The third-order valence-corrected chi connectivity index (χ3v) is 2.73. The highest BCUT2D eigenvalue weighted by Crippen LogP contribution is 2.21. The summed E-state index contributed by atoms with van der Waals surface area (Å²) in [7, 11) is 0. The topological polar surface area (TPSA) is 79.0 Å². The molecule has 0 heterocycles. The highest BCUT2D eigenvalue weighted by Gasteiger charge is 2.15. The first kappa shape index (κ1) is 14.4. The zero-order valence-electron chi connectivity index (χ0n) is 10.2. The summed E-state index contributed by atoms with van der Waals surface area (Å²) in [5.74, 6) is -1.45. The summed E-state index contributed by atoms with van der Waals surface area (Å²) in [5.41, 5.74) is 5.38. The molecule has 0 saturated carbocycles. The predicted octanol–water partition coefficient (Wildman–Crippen LogP) is 2.04. The molecule has 0 atom stereocenters. The van der Waals surface area contributed by atoms with Gasteiger partial charge in [0.15, 0.2) is 0 Å². The van der Waals surface area contributed by atoms with Crippen molar-refractivity contribution in [1.29, 1.82) is 5.41 Å². The van der Waals surface area contributed by atoms with Crippen molar-refractivity contribution in [1.82, 2.24) is 5.32 Å². The SMILES string of the molecule is CC(C)C(=O)NCc1ccc(Cl)c(C(=N)N)c1F. The second-order valence-electron chi connectivity index (χ2n) is 4.18. The minimum absolute atomic E-state index is 0.0420. The van der Waals surface area contributed by atoms with Crippen molar-refractivity contribution < 1.29 is 9.18 Å². The van der Waals surface area contributed by atoms with Gasteiger partial charge in [-0.15, -0.1) is 0 Å². The van der Waals surface area contributed by atoms with Crippen LogP contribution in [0.1, 0.15) is 25.0 Å². The molecular weight excluding hydrogens is 257 g/mol. The van der Waals surface area contributed by atoms with E-state index < -0.39 is 11.7 Å². The van der Waals surface area contributed by atoms with Crippen molar-refractivity contribution in [2.75, 3.05) is 0 Å². The Kier molecular flexibility index (Phi) is 4.67. The van der Waals surface area contributed by atoms with Gasteiger partial charge >= 0.3 is 0 Å².